The molecule has 8 heteroatoms. The van der Waals surface area contributed by atoms with E-state index in [0.717, 1.165) is 42.2 Å². The molecule has 158 valence electrons. The number of aryl methyl sites for hydroxylation is 1. The number of hydrogen-bond acceptors (Lipinski definition) is 7. The van der Waals surface area contributed by atoms with Gasteiger partial charge in [0.15, 0.2) is 11.6 Å². The van der Waals surface area contributed by atoms with Gasteiger partial charge >= 0.3 is 0 Å². The number of benzene rings is 1. The van der Waals surface area contributed by atoms with E-state index in [-0.39, 0.29) is 12.1 Å². The SMILES string of the molecule is Cc1ccc(N[C@H](O)C2CC[C@H](C)N2c2ccc(C#N)cn2)cc1-c1ncc(F)cn1. The maximum absolute atomic E-state index is 13.2. The van der Waals surface area contributed by atoms with Crippen molar-refractivity contribution >= 4 is 11.5 Å². The predicted molar refractivity (Wildman–Crippen MR) is 116 cm³/mol. The van der Waals surface area contributed by atoms with Crippen molar-refractivity contribution in [1.82, 2.24) is 15.0 Å². The van der Waals surface area contributed by atoms with Crippen LogP contribution in [-0.2, 0) is 0 Å². The van der Waals surface area contributed by atoms with Gasteiger partial charge in [0.25, 0.3) is 0 Å². The first-order valence-electron chi connectivity index (χ1n) is 10.1. The number of hydrogen-bond donors (Lipinski definition) is 2. The number of halogens is 1. The molecule has 0 bridgehead atoms. The third kappa shape index (κ3) is 4.32. The van der Waals surface area contributed by atoms with Gasteiger partial charge in [-0.1, -0.05) is 6.07 Å². The lowest BCUT2D eigenvalue weighted by Crippen LogP contribution is -2.46. The van der Waals surface area contributed by atoms with Crippen molar-refractivity contribution in [2.45, 2.75) is 45.0 Å². The third-order valence-electron chi connectivity index (χ3n) is 5.63. The average Bonchev–Trinajstić information content (AvgIpc) is 3.17. The molecule has 0 radical (unpaired) electrons. The highest BCUT2D eigenvalue weighted by Crippen LogP contribution is 2.32. The van der Waals surface area contributed by atoms with Crippen LogP contribution < -0.4 is 10.2 Å². The first-order valence-corrected chi connectivity index (χ1v) is 10.1. The maximum atomic E-state index is 13.2. The van der Waals surface area contributed by atoms with Crippen LogP contribution in [0.15, 0.2) is 48.9 Å². The Bertz CT molecular complexity index is 1100. The van der Waals surface area contributed by atoms with E-state index in [1.54, 1.807) is 12.3 Å². The lowest BCUT2D eigenvalue weighted by atomic mass is 10.1. The molecule has 1 unspecified atom stereocenters. The van der Waals surface area contributed by atoms with Crippen molar-refractivity contribution < 1.29 is 9.50 Å². The van der Waals surface area contributed by atoms with Crippen LogP contribution in [0, 0.1) is 24.1 Å². The highest BCUT2D eigenvalue weighted by Gasteiger charge is 2.36. The molecule has 31 heavy (non-hydrogen) atoms. The minimum atomic E-state index is -0.841. The molecule has 3 aromatic rings. The standard InChI is InChI=1S/C23H23FN6O/c1-14-3-6-18(9-19(14)22-27-12-17(24)13-28-22)29-23(31)20-7-4-15(2)30(20)21-8-5-16(10-25)11-26-21/h3,5-6,8-9,11-13,15,20,23,29,31H,4,7H2,1-2H3/t15-,20?,23+/m0/s1. The lowest BCUT2D eigenvalue weighted by molar-refractivity contribution is 0.171. The summed E-state index contributed by atoms with van der Waals surface area (Å²) in [6.07, 6.45) is 4.71. The van der Waals surface area contributed by atoms with Crippen molar-refractivity contribution in [3.8, 4) is 17.5 Å². The second-order valence-corrected chi connectivity index (χ2v) is 7.76. The normalized spacial score (nSPS) is 19.1. The van der Waals surface area contributed by atoms with Crippen molar-refractivity contribution in [2.75, 3.05) is 10.2 Å². The molecular weight excluding hydrogens is 395 g/mol. The van der Waals surface area contributed by atoms with Gasteiger partial charge in [0.05, 0.1) is 24.0 Å². The quantitative estimate of drug-likeness (QED) is 0.611. The van der Waals surface area contributed by atoms with Gasteiger partial charge in [-0.3, -0.25) is 0 Å². The Morgan fingerprint density at radius 3 is 2.61 bits per heavy atom. The number of aliphatic hydroxyl groups is 1. The molecule has 7 nitrogen and oxygen atoms in total. The molecule has 0 amide bonds. The number of rotatable bonds is 5. The molecule has 1 aromatic carbocycles. The summed E-state index contributed by atoms with van der Waals surface area (Å²) in [5, 5.41) is 23.2. The van der Waals surface area contributed by atoms with Crippen molar-refractivity contribution in [3.05, 3.63) is 65.9 Å². The molecule has 1 fully saturated rings. The van der Waals surface area contributed by atoms with Gasteiger partial charge in [0.2, 0.25) is 0 Å². The fourth-order valence-corrected chi connectivity index (χ4v) is 4.00. The van der Waals surface area contributed by atoms with Crippen LogP contribution in [0.5, 0.6) is 0 Å². The summed E-state index contributed by atoms with van der Waals surface area (Å²) in [4.78, 5) is 14.6. The zero-order chi connectivity index (χ0) is 22.0. The van der Waals surface area contributed by atoms with Crippen LogP contribution >= 0.6 is 0 Å². The van der Waals surface area contributed by atoms with E-state index in [9.17, 15) is 9.50 Å². The van der Waals surface area contributed by atoms with Crippen molar-refractivity contribution in [1.29, 1.82) is 5.26 Å². The molecule has 1 aliphatic rings. The van der Waals surface area contributed by atoms with E-state index in [1.807, 2.05) is 31.2 Å². The number of aromatic nitrogens is 3. The molecule has 1 aliphatic heterocycles. The van der Waals surface area contributed by atoms with Crippen molar-refractivity contribution in [3.63, 3.8) is 0 Å². The summed E-state index contributed by atoms with van der Waals surface area (Å²) in [6, 6.07) is 11.3. The summed E-state index contributed by atoms with van der Waals surface area (Å²) in [5.41, 5.74) is 2.93. The van der Waals surface area contributed by atoms with Crippen molar-refractivity contribution in [2.24, 2.45) is 0 Å². The number of aliphatic hydroxyl groups excluding tert-OH is 1. The van der Waals surface area contributed by atoms with Crippen LogP contribution in [0.2, 0.25) is 0 Å². The molecule has 1 saturated heterocycles. The Morgan fingerprint density at radius 2 is 1.94 bits per heavy atom. The fourth-order valence-electron chi connectivity index (χ4n) is 4.00. The number of nitrogens with one attached hydrogen (secondary N) is 1. The van der Waals surface area contributed by atoms with Gasteiger partial charge in [-0.15, -0.1) is 0 Å². The number of nitrogens with zero attached hydrogens (tertiary/aromatic N) is 5. The molecule has 4 rings (SSSR count). The summed E-state index contributed by atoms with van der Waals surface area (Å²) in [7, 11) is 0. The average molecular weight is 418 g/mol. The highest BCUT2D eigenvalue weighted by atomic mass is 19.1. The maximum Gasteiger partial charge on any atom is 0.159 e. The first kappa shape index (κ1) is 20.7. The summed E-state index contributed by atoms with van der Waals surface area (Å²) >= 11 is 0. The molecule has 0 aliphatic carbocycles. The molecule has 0 saturated carbocycles. The topological polar surface area (TPSA) is 98.0 Å². The largest absolute Gasteiger partial charge is 0.372 e. The minimum Gasteiger partial charge on any atom is -0.372 e. The van der Waals surface area contributed by atoms with E-state index in [1.165, 1.54) is 0 Å². The van der Waals surface area contributed by atoms with E-state index >= 15 is 0 Å². The van der Waals surface area contributed by atoms with Crippen LogP contribution in [0.4, 0.5) is 15.9 Å². The summed E-state index contributed by atoms with van der Waals surface area (Å²) < 4.78 is 13.2. The summed E-state index contributed by atoms with van der Waals surface area (Å²) in [5.74, 6) is 0.673. The second kappa shape index (κ2) is 8.66. The Labute approximate surface area is 180 Å². The van der Waals surface area contributed by atoms with Gasteiger partial charge in [-0.05, 0) is 56.5 Å². The van der Waals surface area contributed by atoms with E-state index in [0.29, 0.717) is 17.1 Å². The zero-order valence-electron chi connectivity index (χ0n) is 17.3. The molecule has 3 atom stereocenters. The Balaban J connectivity index is 1.55. The van der Waals surface area contributed by atoms with Crippen LogP contribution in [0.1, 0.15) is 30.9 Å². The van der Waals surface area contributed by atoms with E-state index < -0.39 is 12.0 Å². The fraction of sp³-hybridized carbons (Fsp3) is 0.304. The van der Waals surface area contributed by atoms with Gasteiger partial charge in [0.1, 0.15) is 18.1 Å². The molecule has 0 spiro atoms. The number of pyridine rings is 1. The highest BCUT2D eigenvalue weighted by molar-refractivity contribution is 5.66. The van der Waals surface area contributed by atoms with E-state index in [4.69, 9.17) is 5.26 Å². The Kier molecular flexibility index (Phi) is 5.78. The molecular formula is C23H23FN6O. The van der Waals surface area contributed by atoms with Gasteiger partial charge in [0, 0.05) is 23.5 Å². The van der Waals surface area contributed by atoms with Crippen LogP contribution in [-0.4, -0.2) is 38.4 Å². The van der Waals surface area contributed by atoms with Gasteiger partial charge in [-0.25, -0.2) is 19.3 Å². The lowest BCUT2D eigenvalue weighted by Gasteiger charge is -2.33. The smallest absolute Gasteiger partial charge is 0.159 e. The van der Waals surface area contributed by atoms with Crippen LogP contribution in [0.3, 0.4) is 0 Å². The van der Waals surface area contributed by atoms with Gasteiger partial charge in [-0.2, -0.15) is 5.26 Å². The molecule has 2 aromatic heterocycles. The number of anilines is 2. The predicted octanol–water partition coefficient (Wildman–Crippen LogP) is 3.65. The van der Waals surface area contributed by atoms with Crippen LogP contribution in [0.25, 0.3) is 11.4 Å². The third-order valence-corrected chi connectivity index (χ3v) is 5.63. The molecule has 2 N–H and O–H groups in total. The van der Waals surface area contributed by atoms with Gasteiger partial charge < -0.3 is 15.3 Å². The summed E-state index contributed by atoms with van der Waals surface area (Å²) in [6.45, 7) is 4.03. The first-order chi connectivity index (χ1) is 15.0. The zero-order valence-corrected chi connectivity index (χ0v) is 17.3. The second-order valence-electron chi connectivity index (χ2n) is 7.76. The monoisotopic (exact) mass is 418 g/mol. The minimum absolute atomic E-state index is 0.178. The Morgan fingerprint density at radius 1 is 1.16 bits per heavy atom. The number of nitriles is 1. The van der Waals surface area contributed by atoms with E-state index in [2.05, 4.69) is 38.2 Å². The Hall–Kier alpha value is -3.57. The molecule has 3 heterocycles.